The summed E-state index contributed by atoms with van der Waals surface area (Å²) in [7, 11) is 0. The molecule has 7 heteroatoms. The van der Waals surface area contributed by atoms with Crippen molar-refractivity contribution >= 4 is 29.7 Å². The second-order valence-electron chi connectivity index (χ2n) is 5.41. The molecule has 2 N–H and O–H groups in total. The number of carbonyl (C=O) groups excluding carboxylic acids is 1. The predicted octanol–water partition coefficient (Wildman–Crippen LogP) is 1.99. The van der Waals surface area contributed by atoms with E-state index in [1.807, 2.05) is 0 Å². The number of amides is 1. The van der Waals surface area contributed by atoms with Crippen molar-refractivity contribution in [2.24, 2.45) is 0 Å². The first-order valence-corrected chi connectivity index (χ1v) is 7.92. The fraction of sp³-hybridized carbons (Fsp3) is 0.714. The number of nitrogens with one attached hydrogen (secondary N) is 2. The second-order valence-corrected chi connectivity index (χ2v) is 6.70. The monoisotopic (exact) mass is 333 g/mol. The average molecular weight is 334 g/mol. The van der Waals surface area contributed by atoms with Crippen LogP contribution in [0, 0.1) is 6.92 Å². The van der Waals surface area contributed by atoms with E-state index < -0.39 is 0 Å². The van der Waals surface area contributed by atoms with Crippen molar-refractivity contribution in [1.82, 2.24) is 15.6 Å². The van der Waals surface area contributed by atoms with E-state index in [0.717, 1.165) is 23.9 Å². The van der Waals surface area contributed by atoms with E-state index in [-0.39, 0.29) is 24.4 Å². The molecule has 1 saturated heterocycles. The smallest absolute Gasteiger partial charge is 0.222 e. The highest BCUT2D eigenvalue weighted by Gasteiger charge is 2.17. The Hall–Kier alpha value is -0.690. The summed E-state index contributed by atoms with van der Waals surface area (Å²) in [4.78, 5) is 17.7. The quantitative estimate of drug-likeness (QED) is 0.865. The molecule has 1 aliphatic heterocycles. The number of hydrogen-bond donors (Lipinski definition) is 2. The first-order chi connectivity index (χ1) is 9.56. The number of carbonyl (C=O) groups is 1. The van der Waals surface area contributed by atoms with Crippen LogP contribution in [0.1, 0.15) is 41.8 Å². The molecule has 0 spiro atoms. The summed E-state index contributed by atoms with van der Waals surface area (Å²) < 4.78 is 5.34. The Kier molecular flexibility index (Phi) is 7.59. The SMILES string of the molecule is Cc1sc(CNC(=O)CC2COCCN2)nc1C(C)C.Cl. The molecule has 1 atom stereocenters. The number of morpholine rings is 1. The molecular formula is C14H24ClN3O2S. The maximum Gasteiger partial charge on any atom is 0.222 e. The number of thiazole rings is 1. The summed E-state index contributed by atoms with van der Waals surface area (Å²) in [6.07, 6.45) is 0.460. The zero-order valence-electron chi connectivity index (χ0n) is 12.8. The van der Waals surface area contributed by atoms with Crippen molar-refractivity contribution in [3.8, 4) is 0 Å². The summed E-state index contributed by atoms with van der Waals surface area (Å²) >= 11 is 1.66. The third-order valence-electron chi connectivity index (χ3n) is 3.29. The summed E-state index contributed by atoms with van der Waals surface area (Å²) in [5, 5.41) is 7.20. The summed E-state index contributed by atoms with van der Waals surface area (Å²) in [5.41, 5.74) is 1.14. The maximum absolute atomic E-state index is 11.9. The van der Waals surface area contributed by atoms with Crippen LogP contribution in [-0.2, 0) is 16.1 Å². The van der Waals surface area contributed by atoms with Gasteiger partial charge in [0.15, 0.2) is 0 Å². The van der Waals surface area contributed by atoms with Gasteiger partial charge < -0.3 is 15.4 Å². The van der Waals surface area contributed by atoms with E-state index in [4.69, 9.17) is 4.74 Å². The lowest BCUT2D eigenvalue weighted by atomic mass is 10.1. The molecule has 1 fully saturated rings. The molecule has 1 aliphatic rings. The van der Waals surface area contributed by atoms with Gasteiger partial charge in [0.05, 0.1) is 25.5 Å². The summed E-state index contributed by atoms with van der Waals surface area (Å²) in [5.74, 6) is 0.478. The van der Waals surface area contributed by atoms with Crippen LogP contribution in [0.4, 0.5) is 0 Å². The predicted molar refractivity (Wildman–Crippen MR) is 87.3 cm³/mol. The summed E-state index contributed by atoms with van der Waals surface area (Å²) in [6.45, 7) is 9.04. The molecule has 120 valence electrons. The largest absolute Gasteiger partial charge is 0.378 e. The first kappa shape index (κ1) is 18.4. The zero-order chi connectivity index (χ0) is 14.5. The van der Waals surface area contributed by atoms with Gasteiger partial charge in [-0.25, -0.2) is 4.98 Å². The highest BCUT2D eigenvalue weighted by atomic mass is 35.5. The lowest BCUT2D eigenvalue weighted by Crippen LogP contribution is -2.44. The minimum absolute atomic E-state index is 0. The van der Waals surface area contributed by atoms with E-state index in [1.54, 1.807) is 11.3 Å². The minimum atomic E-state index is 0. The lowest BCUT2D eigenvalue weighted by Gasteiger charge is -2.23. The van der Waals surface area contributed by atoms with Gasteiger partial charge in [0.1, 0.15) is 5.01 Å². The number of nitrogens with zero attached hydrogens (tertiary/aromatic N) is 1. The van der Waals surface area contributed by atoms with Crippen molar-refractivity contribution < 1.29 is 9.53 Å². The number of aryl methyl sites for hydroxylation is 1. The van der Waals surface area contributed by atoms with Gasteiger partial charge in [-0.3, -0.25) is 4.79 Å². The molecule has 1 amide bonds. The fourth-order valence-electron chi connectivity index (χ4n) is 2.30. The van der Waals surface area contributed by atoms with E-state index >= 15 is 0 Å². The van der Waals surface area contributed by atoms with E-state index in [9.17, 15) is 4.79 Å². The van der Waals surface area contributed by atoms with Crippen molar-refractivity contribution in [3.05, 3.63) is 15.6 Å². The van der Waals surface area contributed by atoms with E-state index in [2.05, 4.69) is 36.4 Å². The van der Waals surface area contributed by atoms with Crippen LogP contribution >= 0.6 is 23.7 Å². The Labute approximate surface area is 136 Å². The molecule has 0 aromatic carbocycles. The highest BCUT2D eigenvalue weighted by Crippen LogP contribution is 2.23. The third-order valence-corrected chi connectivity index (χ3v) is 4.28. The standard InChI is InChI=1S/C14H23N3O2S.ClH/c1-9(2)14-10(3)20-13(17-14)7-16-12(18)6-11-8-19-5-4-15-11;/h9,11,15H,4-8H2,1-3H3,(H,16,18);1H. The normalized spacial score (nSPS) is 18.4. The minimum Gasteiger partial charge on any atom is -0.378 e. The van der Waals surface area contributed by atoms with Gasteiger partial charge in [0.2, 0.25) is 5.91 Å². The Balaban J connectivity index is 0.00000220. The van der Waals surface area contributed by atoms with Crippen LogP contribution in [0.15, 0.2) is 0 Å². The van der Waals surface area contributed by atoms with Crippen LogP contribution in [-0.4, -0.2) is 36.7 Å². The van der Waals surface area contributed by atoms with E-state index in [0.29, 0.717) is 25.5 Å². The maximum atomic E-state index is 11.9. The van der Waals surface area contributed by atoms with Crippen molar-refractivity contribution in [3.63, 3.8) is 0 Å². The van der Waals surface area contributed by atoms with Crippen molar-refractivity contribution in [2.75, 3.05) is 19.8 Å². The van der Waals surface area contributed by atoms with Crippen molar-refractivity contribution in [1.29, 1.82) is 0 Å². The molecule has 0 saturated carbocycles. The Morgan fingerprint density at radius 2 is 2.33 bits per heavy atom. The van der Waals surface area contributed by atoms with Gasteiger partial charge in [-0.05, 0) is 12.8 Å². The molecule has 21 heavy (non-hydrogen) atoms. The van der Waals surface area contributed by atoms with Crippen LogP contribution in [0.3, 0.4) is 0 Å². The van der Waals surface area contributed by atoms with Crippen LogP contribution in [0.5, 0.6) is 0 Å². The number of ether oxygens (including phenoxy) is 1. The van der Waals surface area contributed by atoms with Crippen LogP contribution in [0.2, 0.25) is 0 Å². The number of halogens is 1. The van der Waals surface area contributed by atoms with Crippen LogP contribution in [0.25, 0.3) is 0 Å². The lowest BCUT2D eigenvalue weighted by molar-refractivity contribution is -0.122. The molecule has 0 aliphatic carbocycles. The highest BCUT2D eigenvalue weighted by molar-refractivity contribution is 7.11. The number of rotatable bonds is 5. The zero-order valence-corrected chi connectivity index (χ0v) is 14.4. The number of hydrogen-bond acceptors (Lipinski definition) is 5. The summed E-state index contributed by atoms with van der Waals surface area (Å²) in [6, 6.07) is 0.132. The Bertz CT molecular complexity index is 459. The second kappa shape index (κ2) is 8.68. The van der Waals surface area contributed by atoms with Gasteiger partial charge in [-0.1, -0.05) is 13.8 Å². The van der Waals surface area contributed by atoms with Gasteiger partial charge in [-0.2, -0.15) is 0 Å². The molecule has 1 aromatic rings. The molecule has 5 nitrogen and oxygen atoms in total. The topological polar surface area (TPSA) is 63.2 Å². The molecule has 2 heterocycles. The van der Waals surface area contributed by atoms with E-state index in [1.165, 1.54) is 4.88 Å². The Morgan fingerprint density at radius 3 is 2.90 bits per heavy atom. The molecular weight excluding hydrogens is 310 g/mol. The van der Waals surface area contributed by atoms with Gasteiger partial charge in [0, 0.05) is 23.9 Å². The van der Waals surface area contributed by atoms with Gasteiger partial charge in [0.25, 0.3) is 0 Å². The molecule has 1 aromatic heterocycles. The van der Waals surface area contributed by atoms with Gasteiger partial charge in [-0.15, -0.1) is 23.7 Å². The molecule has 2 rings (SSSR count). The third kappa shape index (κ3) is 5.54. The van der Waals surface area contributed by atoms with Crippen LogP contribution < -0.4 is 10.6 Å². The Morgan fingerprint density at radius 1 is 1.57 bits per heavy atom. The molecule has 0 bridgehead atoms. The first-order valence-electron chi connectivity index (χ1n) is 7.10. The average Bonchev–Trinajstić information content (AvgIpc) is 2.79. The fourth-order valence-corrected chi connectivity index (χ4v) is 3.32. The van der Waals surface area contributed by atoms with Gasteiger partial charge >= 0.3 is 0 Å². The number of aromatic nitrogens is 1. The molecule has 1 unspecified atom stereocenters. The molecule has 0 radical (unpaired) electrons. The van der Waals surface area contributed by atoms with Crippen molar-refractivity contribution in [2.45, 2.75) is 45.7 Å².